The number of amidine groups is 1. The molecule has 0 aliphatic rings. The number of nitrogens with two attached hydrogens (primary N) is 2. The molecule has 0 radical (unpaired) electrons. The Hall–Kier alpha value is -1.71. The molecule has 0 aliphatic carbocycles. The molecule has 0 heterocycles. The van der Waals surface area contributed by atoms with Crippen molar-refractivity contribution in [3.8, 4) is 5.75 Å². The fraction of sp³-hybridized carbons (Fsp3) is 0.562. The number of ether oxygens (including phenoxy) is 1. The first-order valence-corrected chi connectivity index (χ1v) is 6.79. The standard InChI is InChI=1S/C16H27N3O/c1-15(2,3)11-8-10(14(17)19-18)9-12(13(11)20-7)16(4,5)6/h8-9H,18H2,1-7H3,(H2,17,19). The van der Waals surface area contributed by atoms with Gasteiger partial charge in [-0.25, -0.2) is 0 Å². The van der Waals surface area contributed by atoms with Crippen molar-refractivity contribution in [2.24, 2.45) is 16.7 Å². The van der Waals surface area contributed by atoms with Gasteiger partial charge in [0.15, 0.2) is 0 Å². The van der Waals surface area contributed by atoms with Crippen LogP contribution in [0.25, 0.3) is 0 Å². The molecule has 4 nitrogen and oxygen atoms in total. The lowest BCUT2D eigenvalue weighted by molar-refractivity contribution is 0.381. The molecule has 0 saturated heterocycles. The lowest BCUT2D eigenvalue weighted by atomic mass is 9.78. The van der Waals surface area contributed by atoms with Crippen LogP contribution in [-0.2, 0) is 10.8 Å². The maximum Gasteiger partial charge on any atom is 0.150 e. The van der Waals surface area contributed by atoms with Crippen LogP contribution < -0.4 is 16.3 Å². The lowest BCUT2D eigenvalue weighted by Crippen LogP contribution is -2.23. The molecule has 4 heteroatoms. The zero-order valence-electron chi connectivity index (χ0n) is 13.7. The van der Waals surface area contributed by atoms with Gasteiger partial charge in [0.05, 0.1) is 7.11 Å². The summed E-state index contributed by atoms with van der Waals surface area (Å²) < 4.78 is 5.69. The smallest absolute Gasteiger partial charge is 0.150 e. The summed E-state index contributed by atoms with van der Waals surface area (Å²) in [7, 11) is 1.71. The molecule has 0 fully saturated rings. The predicted octanol–water partition coefficient (Wildman–Crippen LogP) is 2.87. The Morgan fingerprint density at radius 2 is 1.40 bits per heavy atom. The zero-order valence-corrected chi connectivity index (χ0v) is 13.7. The van der Waals surface area contributed by atoms with E-state index < -0.39 is 0 Å². The Labute approximate surface area is 122 Å². The SMILES string of the molecule is COc1c(C(C)(C)C)cc(/C(N)=N/N)cc1C(C)(C)C. The average Bonchev–Trinajstić information content (AvgIpc) is 2.33. The van der Waals surface area contributed by atoms with Crippen molar-refractivity contribution in [1.82, 2.24) is 0 Å². The minimum Gasteiger partial charge on any atom is -0.496 e. The third kappa shape index (κ3) is 3.24. The molecule has 1 aromatic rings. The van der Waals surface area contributed by atoms with Crippen LogP contribution in [0.5, 0.6) is 5.75 Å². The number of hydrazone groups is 1. The van der Waals surface area contributed by atoms with Crippen LogP contribution in [0.3, 0.4) is 0 Å². The van der Waals surface area contributed by atoms with Gasteiger partial charge in [-0.05, 0) is 23.0 Å². The molecule has 0 unspecified atom stereocenters. The van der Waals surface area contributed by atoms with Crippen LogP contribution in [0.1, 0.15) is 58.2 Å². The minimum absolute atomic E-state index is 0.0593. The van der Waals surface area contributed by atoms with Gasteiger partial charge in [-0.15, -0.1) is 0 Å². The maximum absolute atomic E-state index is 5.89. The van der Waals surface area contributed by atoms with Crippen LogP contribution in [0.2, 0.25) is 0 Å². The Bertz CT molecular complexity index is 484. The van der Waals surface area contributed by atoms with Crippen LogP contribution in [-0.4, -0.2) is 12.9 Å². The molecule has 1 rings (SSSR count). The summed E-state index contributed by atoms with van der Waals surface area (Å²) in [6.45, 7) is 12.9. The van der Waals surface area contributed by atoms with E-state index in [0.29, 0.717) is 5.84 Å². The quantitative estimate of drug-likeness (QED) is 0.378. The minimum atomic E-state index is -0.0593. The van der Waals surface area contributed by atoms with E-state index in [9.17, 15) is 0 Å². The van der Waals surface area contributed by atoms with E-state index in [1.807, 2.05) is 12.1 Å². The van der Waals surface area contributed by atoms with Crippen LogP contribution in [0.15, 0.2) is 17.2 Å². The molecule has 0 bridgehead atoms. The molecular formula is C16H27N3O. The van der Waals surface area contributed by atoms with E-state index in [2.05, 4.69) is 46.6 Å². The van der Waals surface area contributed by atoms with Gasteiger partial charge in [0.2, 0.25) is 0 Å². The largest absolute Gasteiger partial charge is 0.496 e. The fourth-order valence-electron chi connectivity index (χ4n) is 2.19. The van der Waals surface area contributed by atoms with E-state index in [1.165, 1.54) is 0 Å². The van der Waals surface area contributed by atoms with E-state index in [0.717, 1.165) is 22.4 Å². The van der Waals surface area contributed by atoms with E-state index >= 15 is 0 Å². The number of benzene rings is 1. The predicted molar refractivity (Wildman–Crippen MR) is 85.3 cm³/mol. The monoisotopic (exact) mass is 277 g/mol. The molecule has 0 aromatic heterocycles. The maximum atomic E-state index is 5.89. The summed E-state index contributed by atoms with van der Waals surface area (Å²) in [5.41, 5.74) is 8.82. The Morgan fingerprint density at radius 1 is 1.00 bits per heavy atom. The van der Waals surface area contributed by atoms with Crippen LogP contribution in [0.4, 0.5) is 0 Å². The highest BCUT2D eigenvalue weighted by atomic mass is 16.5. The van der Waals surface area contributed by atoms with Crippen molar-refractivity contribution in [3.05, 3.63) is 28.8 Å². The summed E-state index contributed by atoms with van der Waals surface area (Å²) >= 11 is 0. The van der Waals surface area contributed by atoms with Gasteiger partial charge in [0.25, 0.3) is 0 Å². The number of hydrogen-bond donors (Lipinski definition) is 2. The van der Waals surface area contributed by atoms with Gasteiger partial charge in [0.1, 0.15) is 11.6 Å². The summed E-state index contributed by atoms with van der Waals surface area (Å²) in [6.07, 6.45) is 0. The van der Waals surface area contributed by atoms with Gasteiger partial charge in [0, 0.05) is 16.7 Å². The summed E-state index contributed by atoms with van der Waals surface area (Å²) in [5, 5.41) is 3.61. The molecule has 0 amide bonds. The Balaban J connectivity index is 3.75. The van der Waals surface area contributed by atoms with Crippen LogP contribution in [0, 0.1) is 0 Å². The molecule has 1 aromatic carbocycles. The van der Waals surface area contributed by atoms with E-state index in [1.54, 1.807) is 7.11 Å². The number of hydrogen-bond acceptors (Lipinski definition) is 3. The third-order valence-electron chi connectivity index (χ3n) is 3.34. The van der Waals surface area contributed by atoms with Crippen LogP contribution >= 0.6 is 0 Å². The number of rotatable bonds is 2. The second-order valence-corrected chi connectivity index (χ2v) is 7.12. The number of methoxy groups -OCH3 is 1. The first-order chi connectivity index (χ1) is 9.02. The summed E-state index contributed by atoms with van der Waals surface area (Å²) in [6, 6.07) is 4.03. The summed E-state index contributed by atoms with van der Waals surface area (Å²) in [4.78, 5) is 0. The van der Waals surface area contributed by atoms with E-state index in [-0.39, 0.29) is 10.8 Å². The van der Waals surface area contributed by atoms with Gasteiger partial charge in [-0.2, -0.15) is 5.10 Å². The second kappa shape index (κ2) is 5.35. The first-order valence-electron chi connectivity index (χ1n) is 6.79. The van der Waals surface area contributed by atoms with Gasteiger partial charge < -0.3 is 16.3 Å². The van der Waals surface area contributed by atoms with Crippen molar-refractivity contribution >= 4 is 5.84 Å². The van der Waals surface area contributed by atoms with Crippen molar-refractivity contribution in [2.75, 3.05) is 7.11 Å². The normalized spacial score (nSPS) is 13.4. The zero-order chi connectivity index (χ0) is 15.7. The molecule has 0 spiro atoms. The van der Waals surface area contributed by atoms with Crippen molar-refractivity contribution in [2.45, 2.75) is 52.4 Å². The van der Waals surface area contributed by atoms with Gasteiger partial charge in [-0.3, -0.25) is 0 Å². The van der Waals surface area contributed by atoms with Crippen molar-refractivity contribution in [3.63, 3.8) is 0 Å². The second-order valence-electron chi connectivity index (χ2n) is 7.12. The average molecular weight is 277 g/mol. The first kappa shape index (κ1) is 16.3. The highest BCUT2D eigenvalue weighted by Crippen LogP contribution is 2.40. The molecule has 20 heavy (non-hydrogen) atoms. The van der Waals surface area contributed by atoms with E-state index in [4.69, 9.17) is 16.3 Å². The van der Waals surface area contributed by atoms with Gasteiger partial charge >= 0.3 is 0 Å². The molecule has 4 N–H and O–H groups in total. The molecule has 0 atom stereocenters. The number of nitrogens with zero attached hydrogens (tertiary/aromatic N) is 1. The van der Waals surface area contributed by atoms with Crippen molar-refractivity contribution < 1.29 is 4.74 Å². The van der Waals surface area contributed by atoms with Gasteiger partial charge in [-0.1, -0.05) is 41.5 Å². The summed E-state index contributed by atoms with van der Waals surface area (Å²) in [5.74, 6) is 6.58. The highest BCUT2D eigenvalue weighted by Gasteiger charge is 2.27. The molecule has 0 saturated carbocycles. The molecular weight excluding hydrogens is 250 g/mol. The molecule has 0 aliphatic heterocycles. The molecule has 112 valence electrons. The third-order valence-corrected chi connectivity index (χ3v) is 3.34. The lowest BCUT2D eigenvalue weighted by Gasteiger charge is -2.29. The highest BCUT2D eigenvalue weighted by molar-refractivity contribution is 5.98. The Morgan fingerprint density at radius 3 is 1.65 bits per heavy atom. The fourth-order valence-corrected chi connectivity index (χ4v) is 2.19. The topological polar surface area (TPSA) is 73.6 Å². The van der Waals surface area contributed by atoms with Crippen molar-refractivity contribution in [1.29, 1.82) is 0 Å². The Kier molecular flexibility index (Phi) is 4.37.